The molecule has 0 aromatic heterocycles. The number of rotatable bonds is 27. The minimum absolute atomic E-state index is 0.0385. The lowest BCUT2D eigenvalue weighted by Gasteiger charge is -2.32. The molecule has 2 heterocycles. The van der Waals surface area contributed by atoms with Crippen molar-refractivity contribution in [2.75, 3.05) is 19.6 Å². The molecule has 0 aliphatic carbocycles. The minimum atomic E-state index is -1.39. The molecule has 2 aliphatic rings. The van der Waals surface area contributed by atoms with Crippen LogP contribution in [-0.2, 0) is 52.7 Å². The van der Waals surface area contributed by atoms with E-state index in [9.17, 15) is 57.8 Å². The topological polar surface area (TPSA) is 351 Å². The Labute approximate surface area is 411 Å². The maximum Gasteiger partial charge on any atom is 0.326 e. The van der Waals surface area contributed by atoms with Gasteiger partial charge in [-0.05, 0) is 81.5 Å². The fourth-order valence-electron chi connectivity index (χ4n) is 8.46. The van der Waals surface area contributed by atoms with E-state index in [4.69, 9.17) is 11.5 Å². The van der Waals surface area contributed by atoms with Crippen molar-refractivity contribution in [2.24, 2.45) is 41.1 Å². The molecule has 2 rings (SSSR count). The van der Waals surface area contributed by atoms with E-state index >= 15 is 0 Å². The zero-order valence-electron chi connectivity index (χ0n) is 42.8. The summed E-state index contributed by atoms with van der Waals surface area (Å²) in [5.41, 5.74) is 10.8. The van der Waals surface area contributed by atoms with Crippen LogP contribution in [0.25, 0.3) is 0 Å². The fraction of sp³-hybridized carbons (Fsp3) is 0.766. The molecule has 0 spiro atoms. The average Bonchev–Trinajstić information content (AvgIpc) is 3.97. The van der Waals surface area contributed by atoms with Crippen LogP contribution in [0.3, 0.4) is 0 Å². The number of primary amides is 1. The van der Waals surface area contributed by atoms with Gasteiger partial charge < -0.3 is 63.6 Å². The number of carboxylic acid groups (broad SMARTS) is 1. The Morgan fingerprint density at radius 2 is 0.943 bits per heavy atom. The normalized spacial score (nSPS) is 18.9. The molecule has 0 bridgehead atoms. The highest BCUT2D eigenvalue weighted by atomic mass is 16.4. The van der Waals surface area contributed by atoms with Crippen molar-refractivity contribution in [1.29, 1.82) is 0 Å². The number of carbonyl (C=O) groups is 11. The Morgan fingerprint density at radius 3 is 1.36 bits per heavy atom. The predicted molar refractivity (Wildman–Crippen MR) is 257 cm³/mol. The third-order valence-electron chi connectivity index (χ3n) is 12.3. The summed E-state index contributed by atoms with van der Waals surface area (Å²) in [7, 11) is 0. The first kappa shape index (κ1) is 60.3. The van der Waals surface area contributed by atoms with Crippen LogP contribution in [0, 0.1) is 29.6 Å². The zero-order valence-corrected chi connectivity index (χ0v) is 42.8. The van der Waals surface area contributed by atoms with Gasteiger partial charge in [0.2, 0.25) is 59.1 Å². The van der Waals surface area contributed by atoms with Gasteiger partial charge >= 0.3 is 5.97 Å². The van der Waals surface area contributed by atoms with Crippen LogP contribution in [0.5, 0.6) is 0 Å². The molecule has 396 valence electrons. The molecule has 2 saturated heterocycles. The highest BCUT2D eigenvalue weighted by Gasteiger charge is 2.42. The molecule has 2 aliphatic heterocycles. The lowest BCUT2D eigenvalue weighted by Crippen LogP contribution is -2.60. The number of likely N-dealkylation sites (tertiary alicyclic amines) is 2. The number of aliphatic carboxylic acids is 1. The van der Waals surface area contributed by atoms with Crippen molar-refractivity contribution in [3.8, 4) is 0 Å². The van der Waals surface area contributed by atoms with Crippen molar-refractivity contribution >= 4 is 65.0 Å². The highest BCUT2D eigenvalue weighted by molar-refractivity contribution is 5.99. The van der Waals surface area contributed by atoms with Gasteiger partial charge in [-0.25, -0.2) is 4.79 Å². The Hall–Kier alpha value is -5.87. The molecule has 0 aromatic rings. The van der Waals surface area contributed by atoms with Crippen molar-refractivity contribution in [2.45, 2.75) is 182 Å². The van der Waals surface area contributed by atoms with E-state index in [-0.39, 0.29) is 75.9 Å². The van der Waals surface area contributed by atoms with E-state index in [1.54, 1.807) is 41.5 Å². The van der Waals surface area contributed by atoms with Crippen molar-refractivity contribution < 1.29 is 57.8 Å². The Morgan fingerprint density at radius 1 is 0.529 bits per heavy atom. The summed E-state index contributed by atoms with van der Waals surface area (Å²) in [5.74, 6) is -9.35. The van der Waals surface area contributed by atoms with E-state index in [2.05, 4.69) is 37.2 Å². The van der Waals surface area contributed by atoms with Gasteiger partial charge in [0.05, 0.1) is 6.54 Å². The molecule has 9 atom stereocenters. The van der Waals surface area contributed by atoms with E-state index in [0.29, 0.717) is 12.8 Å². The van der Waals surface area contributed by atoms with Gasteiger partial charge in [0.15, 0.2) is 0 Å². The van der Waals surface area contributed by atoms with Gasteiger partial charge in [-0.2, -0.15) is 0 Å². The lowest BCUT2D eigenvalue weighted by atomic mass is 9.99. The number of amides is 10. The summed E-state index contributed by atoms with van der Waals surface area (Å²) in [4.78, 5) is 149. The van der Waals surface area contributed by atoms with E-state index in [1.165, 1.54) is 16.7 Å². The highest BCUT2D eigenvalue weighted by Crippen LogP contribution is 2.23. The van der Waals surface area contributed by atoms with Crippen LogP contribution in [-0.4, -0.2) is 154 Å². The molecule has 0 unspecified atom stereocenters. The van der Waals surface area contributed by atoms with Gasteiger partial charge in [-0.1, -0.05) is 69.2 Å². The quantitative estimate of drug-likeness (QED) is 0.0461. The Balaban J connectivity index is 2.25. The molecule has 0 saturated carbocycles. The maximum atomic E-state index is 14.3. The smallest absolute Gasteiger partial charge is 0.326 e. The second-order valence-corrected chi connectivity index (χ2v) is 20.3. The van der Waals surface area contributed by atoms with Gasteiger partial charge in [0.25, 0.3) is 0 Å². The Bertz CT molecular complexity index is 1890. The Kier molecular flexibility index (Phi) is 24.2. The molecule has 10 amide bonds. The number of hydrogen-bond acceptors (Lipinski definition) is 12. The monoisotopic (exact) mass is 992 g/mol. The van der Waals surface area contributed by atoms with E-state index in [0.717, 1.165) is 0 Å². The molecule has 0 radical (unpaired) electrons. The van der Waals surface area contributed by atoms with Gasteiger partial charge in [-0.3, -0.25) is 47.9 Å². The average molecular weight is 992 g/mol. The van der Waals surface area contributed by atoms with Crippen molar-refractivity contribution in [3.63, 3.8) is 0 Å². The van der Waals surface area contributed by atoms with Crippen molar-refractivity contribution in [1.82, 2.24) is 47.0 Å². The predicted octanol–water partition coefficient (Wildman–Crippen LogP) is -1.25. The number of carbonyl (C=O) groups excluding carboxylic acids is 10. The molecular weight excluding hydrogens is 911 g/mol. The number of nitrogens with one attached hydrogen (secondary N) is 7. The molecule has 23 heteroatoms. The molecule has 0 aromatic carbocycles. The number of carboxylic acids is 1. The SMILES string of the molecule is CC(C)C[C@H](NC(=O)[C@H](C)NC(=O)[C@@H]1CCCN1C(=O)[C@H](CC(C)C)NC(=O)[C@@H](NC(=O)CN)C(C)C)C(=O)N1CCC[C@H]1C(=O)N[C@@H](CCC(N)=O)C(=O)N[C@H](C(=O)N[C@H](C(=O)O)C(C)C)C(C)C. The molecular formula is C47H81N11O12. The fourth-order valence-corrected chi connectivity index (χ4v) is 8.46. The van der Waals surface area contributed by atoms with Crippen LogP contribution in [0.15, 0.2) is 0 Å². The summed E-state index contributed by atoms with van der Waals surface area (Å²) >= 11 is 0. The lowest BCUT2D eigenvalue weighted by molar-refractivity contribution is -0.144. The third-order valence-corrected chi connectivity index (χ3v) is 12.3. The molecule has 2 fully saturated rings. The van der Waals surface area contributed by atoms with Crippen molar-refractivity contribution in [3.05, 3.63) is 0 Å². The summed E-state index contributed by atoms with van der Waals surface area (Å²) in [6.07, 6.45) is 1.18. The summed E-state index contributed by atoms with van der Waals surface area (Å²) < 4.78 is 0. The van der Waals surface area contributed by atoms with Crippen LogP contribution in [0.4, 0.5) is 0 Å². The van der Waals surface area contributed by atoms with Crippen LogP contribution in [0.1, 0.15) is 128 Å². The third kappa shape index (κ3) is 18.1. The van der Waals surface area contributed by atoms with Crippen LogP contribution >= 0.6 is 0 Å². The standard InChI is InChI=1S/C47H81N11O12/c1-23(2)20-30(52-39(61)28(11)50-41(63)32-14-12-18-57(32)46(68)31(21-24(3)4)53-43(65)36(25(5)6)54-35(60)22-48)45(67)58-19-13-15-33(58)42(64)51-29(16-17-34(49)59)40(62)55-37(26(7)8)44(66)56-38(27(9)10)47(69)70/h23-33,36-38H,12-22,48H2,1-11H3,(H2,49,59)(H,50,63)(H,51,64)(H,52,61)(H,53,65)(H,54,60)(H,55,62)(H,56,66)(H,69,70)/t28-,29-,30-,31-,32-,33-,36-,37-,38-/m0/s1. The molecule has 70 heavy (non-hydrogen) atoms. The molecule has 23 nitrogen and oxygen atoms in total. The summed E-state index contributed by atoms with van der Waals surface area (Å²) in [6.45, 7) is 18.9. The second-order valence-electron chi connectivity index (χ2n) is 20.3. The first-order valence-electron chi connectivity index (χ1n) is 24.5. The van der Waals surface area contributed by atoms with Gasteiger partial charge in [0.1, 0.15) is 54.4 Å². The number of hydrogen-bond donors (Lipinski definition) is 10. The maximum absolute atomic E-state index is 14.3. The van der Waals surface area contributed by atoms with E-state index < -0.39 is 131 Å². The van der Waals surface area contributed by atoms with Gasteiger partial charge in [0, 0.05) is 19.5 Å². The largest absolute Gasteiger partial charge is 0.480 e. The van der Waals surface area contributed by atoms with Gasteiger partial charge in [-0.15, -0.1) is 0 Å². The zero-order chi connectivity index (χ0) is 53.3. The summed E-state index contributed by atoms with van der Waals surface area (Å²) in [5, 5.41) is 28.0. The number of nitrogens with zero attached hydrogens (tertiary/aromatic N) is 2. The summed E-state index contributed by atoms with van der Waals surface area (Å²) in [6, 6.07) is -10.2. The first-order chi connectivity index (χ1) is 32.6. The number of nitrogens with two attached hydrogens (primary N) is 2. The molecule has 12 N–H and O–H groups in total. The minimum Gasteiger partial charge on any atom is -0.480 e. The van der Waals surface area contributed by atoms with Crippen LogP contribution in [0.2, 0.25) is 0 Å². The first-order valence-corrected chi connectivity index (χ1v) is 24.5. The van der Waals surface area contributed by atoms with Crippen LogP contribution < -0.4 is 48.7 Å². The van der Waals surface area contributed by atoms with E-state index in [1.807, 2.05) is 27.7 Å². The second kappa shape index (κ2) is 28.1.